The highest BCUT2D eigenvalue weighted by atomic mass is 127. The van der Waals surface area contributed by atoms with E-state index >= 15 is 0 Å². The molecule has 0 heterocycles. The summed E-state index contributed by atoms with van der Waals surface area (Å²) in [5, 5.41) is 0. The smallest absolute Gasteiger partial charge is 0.0264 e. The first-order valence-electron chi connectivity index (χ1n) is 2.70. The second-order valence-electron chi connectivity index (χ2n) is 1.73. The van der Waals surface area contributed by atoms with Gasteiger partial charge in [0.15, 0.2) is 0 Å². The molecule has 0 fully saturated rings. The van der Waals surface area contributed by atoms with Crippen LogP contribution in [0.3, 0.4) is 0 Å². The minimum Gasteiger partial charge on any atom is -0.0599 e. The molecule has 0 spiro atoms. The van der Waals surface area contributed by atoms with Crippen molar-refractivity contribution >= 4 is 38.5 Å². The van der Waals surface area contributed by atoms with E-state index in [-0.39, 0.29) is 0 Å². The van der Waals surface area contributed by atoms with Crippen LogP contribution < -0.4 is 0 Å². The summed E-state index contributed by atoms with van der Waals surface area (Å²) in [6, 6.07) is 7.93. The SMILES string of the molecule is Brc1cccc(C#CI)c1. The summed E-state index contributed by atoms with van der Waals surface area (Å²) < 4.78 is 3.88. The van der Waals surface area contributed by atoms with Crippen molar-refractivity contribution in [3.63, 3.8) is 0 Å². The molecular formula is C8H4BrI. The van der Waals surface area contributed by atoms with Crippen molar-refractivity contribution < 1.29 is 0 Å². The quantitative estimate of drug-likeness (QED) is 0.510. The molecule has 1 aromatic rings. The lowest BCUT2D eigenvalue weighted by Gasteiger charge is -1.89. The van der Waals surface area contributed by atoms with Gasteiger partial charge in [-0.15, -0.1) is 0 Å². The average Bonchev–Trinajstić information content (AvgIpc) is 1.88. The highest BCUT2D eigenvalue weighted by Crippen LogP contribution is 2.10. The molecule has 0 amide bonds. The average molecular weight is 307 g/mol. The Bertz CT molecular complexity index is 283. The van der Waals surface area contributed by atoms with Crippen LogP contribution in [0.4, 0.5) is 0 Å². The van der Waals surface area contributed by atoms with E-state index in [1.54, 1.807) is 0 Å². The minimum absolute atomic E-state index is 1.05. The lowest BCUT2D eigenvalue weighted by Crippen LogP contribution is -1.70. The topological polar surface area (TPSA) is 0 Å². The van der Waals surface area contributed by atoms with E-state index < -0.39 is 0 Å². The van der Waals surface area contributed by atoms with Crippen molar-refractivity contribution in [2.24, 2.45) is 0 Å². The van der Waals surface area contributed by atoms with Gasteiger partial charge in [-0.3, -0.25) is 0 Å². The molecule has 50 valence electrons. The molecule has 10 heavy (non-hydrogen) atoms. The Kier molecular flexibility index (Phi) is 3.23. The van der Waals surface area contributed by atoms with Gasteiger partial charge < -0.3 is 0 Å². The fraction of sp³-hybridized carbons (Fsp3) is 0. The summed E-state index contributed by atoms with van der Waals surface area (Å²) in [4.78, 5) is 0. The van der Waals surface area contributed by atoms with Gasteiger partial charge in [0.1, 0.15) is 0 Å². The lowest BCUT2D eigenvalue weighted by atomic mass is 10.2. The number of halogens is 2. The summed E-state index contributed by atoms with van der Waals surface area (Å²) in [6.45, 7) is 0. The molecule has 0 aliphatic carbocycles. The van der Waals surface area contributed by atoms with Crippen molar-refractivity contribution in [2.45, 2.75) is 0 Å². The van der Waals surface area contributed by atoms with Gasteiger partial charge in [-0.25, -0.2) is 0 Å². The third kappa shape index (κ3) is 2.31. The zero-order valence-corrected chi connectivity index (χ0v) is 8.81. The first-order valence-corrected chi connectivity index (χ1v) is 4.57. The molecule has 1 rings (SSSR count). The Morgan fingerprint density at radius 3 is 2.80 bits per heavy atom. The van der Waals surface area contributed by atoms with E-state index in [4.69, 9.17) is 0 Å². The summed E-state index contributed by atoms with van der Waals surface area (Å²) >= 11 is 5.39. The Hall–Kier alpha value is -0.0100. The summed E-state index contributed by atoms with van der Waals surface area (Å²) in [6.07, 6.45) is 0. The molecule has 0 N–H and O–H groups in total. The Balaban J connectivity index is 3.03. The largest absolute Gasteiger partial charge is 0.0599 e. The fourth-order valence-corrected chi connectivity index (χ4v) is 1.33. The fourth-order valence-electron chi connectivity index (χ4n) is 0.621. The summed E-state index contributed by atoms with van der Waals surface area (Å²) in [5.74, 6) is 2.96. The van der Waals surface area contributed by atoms with Gasteiger partial charge in [-0.2, -0.15) is 0 Å². The van der Waals surface area contributed by atoms with Crippen LogP contribution in [0.15, 0.2) is 28.7 Å². The molecule has 0 radical (unpaired) electrons. The van der Waals surface area contributed by atoms with Gasteiger partial charge in [-0.1, -0.05) is 27.9 Å². The van der Waals surface area contributed by atoms with Crippen molar-refractivity contribution in [2.75, 3.05) is 0 Å². The van der Waals surface area contributed by atoms with Crippen LogP contribution in [0.5, 0.6) is 0 Å². The van der Waals surface area contributed by atoms with Gasteiger partial charge in [0.2, 0.25) is 0 Å². The van der Waals surface area contributed by atoms with E-state index in [1.807, 2.05) is 46.9 Å². The second-order valence-corrected chi connectivity index (χ2v) is 3.18. The maximum atomic E-state index is 3.36. The standard InChI is InChI=1S/C8H4BrI/c9-8-3-1-2-7(6-8)4-5-10/h1-3,6H. The molecule has 0 aromatic heterocycles. The minimum atomic E-state index is 1.05. The van der Waals surface area contributed by atoms with Crippen molar-refractivity contribution in [1.29, 1.82) is 0 Å². The van der Waals surface area contributed by atoms with Crippen LogP contribution in [0.1, 0.15) is 5.56 Å². The van der Waals surface area contributed by atoms with Crippen LogP contribution in [-0.4, -0.2) is 0 Å². The molecule has 0 saturated heterocycles. The highest BCUT2D eigenvalue weighted by Gasteiger charge is 1.86. The van der Waals surface area contributed by atoms with Crippen LogP contribution in [0.25, 0.3) is 0 Å². The molecule has 0 unspecified atom stereocenters. The second kappa shape index (κ2) is 3.99. The van der Waals surface area contributed by atoms with E-state index in [1.165, 1.54) is 0 Å². The zero-order valence-electron chi connectivity index (χ0n) is 5.07. The number of hydrogen-bond acceptors (Lipinski definition) is 0. The maximum Gasteiger partial charge on any atom is 0.0264 e. The third-order valence-electron chi connectivity index (χ3n) is 1.02. The predicted molar refractivity (Wildman–Crippen MR) is 55.0 cm³/mol. The maximum absolute atomic E-state index is 3.36. The Labute approximate surface area is 82.3 Å². The van der Waals surface area contributed by atoms with Gasteiger partial charge in [0.05, 0.1) is 0 Å². The van der Waals surface area contributed by atoms with E-state index in [2.05, 4.69) is 25.8 Å². The van der Waals surface area contributed by atoms with Crippen LogP contribution in [0, 0.1) is 9.85 Å². The first kappa shape index (κ1) is 8.09. The zero-order chi connectivity index (χ0) is 7.40. The summed E-state index contributed by atoms with van der Waals surface area (Å²) in [7, 11) is 0. The van der Waals surface area contributed by atoms with Gasteiger partial charge in [0, 0.05) is 32.6 Å². The molecule has 0 atom stereocenters. The molecule has 0 nitrogen and oxygen atoms in total. The molecule has 0 aliphatic heterocycles. The predicted octanol–water partition coefficient (Wildman–Crippen LogP) is 3.19. The van der Waals surface area contributed by atoms with Crippen molar-refractivity contribution in [3.05, 3.63) is 34.3 Å². The van der Waals surface area contributed by atoms with Crippen LogP contribution in [-0.2, 0) is 0 Å². The summed E-state index contributed by atoms with van der Waals surface area (Å²) in [5.41, 5.74) is 1.05. The lowest BCUT2D eigenvalue weighted by molar-refractivity contribution is 1.60. The normalized spacial score (nSPS) is 8.20. The van der Waals surface area contributed by atoms with Crippen LogP contribution in [0.2, 0.25) is 0 Å². The van der Waals surface area contributed by atoms with Gasteiger partial charge >= 0.3 is 0 Å². The molecular weight excluding hydrogens is 303 g/mol. The van der Waals surface area contributed by atoms with Crippen LogP contribution >= 0.6 is 38.5 Å². The number of benzene rings is 1. The molecule has 0 aliphatic rings. The van der Waals surface area contributed by atoms with E-state index in [0.29, 0.717) is 0 Å². The number of hydrogen-bond donors (Lipinski definition) is 0. The van der Waals surface area contributed by atoms with Crippen molar-refractivity contribution in [1.82, 2.24) is 0 Å². The Morgan fingerprint density at radius 1 is 1.40 bits per heavy atom. The molecule has 1 aromatic carbocycles. The first-order chi connectivity index (χ1) is 4.83. The molecule has 0 bridgehead atoms. The van der Waals surface area contributed by atoms with Crippen molar-refractivity contribution in [3.8, 4) is 9.85 Å². The van der Waals surface area contributed by atoms with E-state index in [0.717, 1.165) is 10.0 Å². The highest BCUT2D eigenvalue weighted by molar-refractivity contribution is 14.1. The third-order valence-corrected chi connectivity index (χ3v) is 1.78. The number of rotatable bonds is 0. The molecule has 2 heteroatoms. The molecule has 0 saturated carbocycles. The van der Waals surface area contributed by atoms with Gasteiger partial charge in [-0.05, 0) is 22.1 Å². The van der Waals surface area contributed by atoms with Gasteiger partial charge in [0.25, 0.3) is 0 Å². The van der Waals surface area contributed by atoms with E-state index in [9.17, 15) is 0 Å². The Morgan fingerprint density at radius 2 is 2.20 bits per heavy atom. The monoisotopic (exact) mass is 306 g/mol.